The maximum absolute atomic E-state index is 13.6. The Labute approximate surface area is 236 Å². The molecule has 8 nitrogen and oxygen atoms in total. The summed E-state index contributed by atoms with van der Waals surface area (Å²) in [5.74, 6) is -2.79. The number of hydrogen-bond acceptors (Lipinski definition) is 7. The Bertz CT molecular complexity index is 1360. The fourth-order valence-electron chi connectivity index (χ4n) is 4.50. The molecule has 0 saturated carbocycles. The van der Waals surface area contributed by atoms with Gasteiger partial charge in [-0.2, -0.15) is 0 Å². The first-order chi connectivity index (χ1) is 18.6. The predicted molar refractivity (Wildman–Crippen MR) is 147 cm³/mol. The zero-order valence-corrected chi connectivity index (χ0v) is 23.5. The van der Waals surface area contributed by atoms with Crippen molar-refractivity contribution in [2.75, 3.05) is 7.05 Å². The van der Waals surface area contributed by atoms with E-state index in [9.17, 15) is 19.2 Å². The molecule has 0 N–H and O–H groups in total. The van der Waals surface area contributed by atoms with E-state index in [4.69, 9.17) is 21.1 Å². The van der Waals surface area contributed by atoms with Crippen molar-refractivity contribution in [3.63, 3.8) is 0 Å². The van der Waals surface area contributed by atoms with Gasteiger partial charge in [-0.3, -0.25) is 19.2 Å². The van der Waals surface area contributed by atoms with Crippen molar-refractivity contribution in [3.05, 3.63) is 92.1 Å². The molecule has 3 aromatic rings. The van der Waals surface area contributed by atoms with Crippen LogP contribution in [0.2, 0.25) is 5.02 Å². The molecule has 4 rings (SSSR count). The predicted octanol–water partition coefficient (Wildman–Crippen LogP) is 4.36. The highest BCUT2D eigenvalue weighted by molar-refractivity contribution is 7.10. The van der Waals surface area contributed by atoms with Crippen molar-refractivity contribution in [1.29, 1.82) is 0 Å². The molecule has 1 aliphatic heterocycles. The van der Waals surface area contributed by atoms with Crippen LogP contribution in [-0.2, 0) is 54.7 Å². The zero-order valence-electron chi connectivity index (χ0n) is 21.9. The van der Waals surface area contributed by atoms with E-state index in [-0.39, 0.29) is 6.54 Å². The molecule has 1 aromatic heterocycles. The van der Waals surface area contributed by atoms with Crippen LogP contribution in [0.5, 0.6) is 0 Å². The van der Waals surface area contributed by atoms with Crippen molar-refractivity contribution >= 4 is 46.7 Å². The smallest absolute Gasteiger partial charge is 0.303 e. The normalized spacial score (nSPS) is 13.8. The number of benzene rings is 2. The van der Waals surface area contributed by atoms with Crippen molar-refractivity contribution < 1.29 is 28.7 Å². The highest BCUT2D eigenvalue weighted by Crippen LogP contribution is 2.26. The average molecular weight is 569 g/mol. The van der Waals surface area contributed by atoms with E-state index in [1.807, 2.05) is 60.0 Å². The van der Waals surface area contributed by atoms with Crippen LogP contribution in [0.25, 0.3) is 0 Å². The van der Waals surface area contributed by atoms with Crippen LogP contribution in [0.1, 0.15) is 41.0 Å². The second kappa shape index (κ2) is 12.4. The van der Waals surface area contributed by atoms with E-state index < -0.39 is 36.0 Å². The van der Waals surface area contributed by atoms with Crippen molar-refractivity contribution in [3.8, 4) is 0 Å². The minimum atomic E-state index is -1.63. The number of thiophene rings is 1. The number of likely N-dealkylation sites (N-methyl/N-ethyl adjacent to an activating group) is 1. The molecule has 1 aliphatic rings. The molecular weight excluding hydrogens is 540 g/mol. The van der Waals surface area contributed by atoms with E-state index in [2.05, 4.69) is 0 Å². The maximum Gasteiger partial charge on any atom is 0.303 e. The van der Waals surface area contributed by atoms with E-state index in [1.54, 1.807) is 7.05 Å². The zero-order chi connectivity index (χ0) is 28.1. The molecule has 0 aliphatic carbocycles. The molecule has 2 aromatic carbocycles. The summed E-state index contributed by atoms with van der Waals surface area (Å²) in [4.78, 5) is 54.8. The first-order valence-electron chi connectivity index (χ1n) is 12.4. The summed E-state index contributed by atoms with van der Waals surface area (Å²) in [7, 11) is 1.55. The highest BCUT2D eigenvalue weighted by Gasteiger charge is 2.43. The molecule has 0 unspecified atom stereocenters. The molecule has 0 radical (unpaired) electrons. The fourth-order valence-corrected chi connectivity index (χ4v) is 5.65. The van der Waals surface area contributed by atoms with Crippen LogP contribution < -0.4 is 0 Å². The Hall–Kier alpha value is -3.69. The first-order valence-corrected chi connectivity index (χ1v) is 13.6. The number of nitrogens with zero attached hydrogens (tertiary/aromatic N) is 2. The second-order valence-electron chi connectivity index (χ2n) is 9.41. The number of fused-ring (bicyclic) bond motifs is 1. The van der Waals surface area contributed by atoms with Gasteiger partial charge in [-0.25, -0.2) is 0 Å². The largest absolute Gasteiger partial charge is 0.448 e. The molecule has 2 atom stereocenters. The number of halogens is 1. The number of hydrogen-bond donors (Lipinski definition) is 0. The molecule has 0 saturated heterocycles. The van der Waals surface area contributed by atoms with E-state index in [0.717, 1.165) is 41.0 Å². The van der Waals surface area contributed by atoms with Crippen LogP contribution in [0.4, 0.5) is 0 Å². The fraction of sp³-hybridized carbons (Fsp3) is 0.310. The van der Waals surface area contributed by atoms with Crippen molar-refractivity contribution in [1.82, 2.24) is 9.80 Å². The summed E-state index contributed by atoms with van der Waals surface area (Å²) in [6.45, 7) is 3.09. The minimum Gasteiger partial charge on any atom is -0.448 e. The van der Waals surface area contributed by atoms with Gasteiger partial charge in [0, 0.05) is 43.9 Å². The van der Waals surface area contributed by atoms with Crippen LogP contribution in [0, 0.1) is 0 Å². The van der Waals surface area contributed by atoms with E-state index >= 15 is 0 Å². The molecule has 204 valence electrons. The minimum absolute atomic E-state index is 0.208. The Morgan fingerprint density at radius 1 is 0.949 bits per heavy atom. The van der Waals surface area contributed by atoms with Crippen molar-refractivity contribution in [2.45, 2.75) is 52.1 Å². The molecule has 10 heteroatoms. The average Bonchev–Trinajstić information content (AvgIpc) is 3.53. The summed E-state index contributed by atoms with van der Waals surface area (Å²) in [5, 5.41) is 2.68. The third-order valence-corrected chi connectivity index (χ3v) is 7.67. The van der Waals surface area contributed by atoms with Gasteiger partial charge in [0.15, 0.2) is 0 Å². The van der Waals surface area contributed by atoms with Crippen LogP contribution in [-0.4, -0.2) is 52.8 Å². The number of amides is 2. The monoisotopic (exact) mass is 568 g/mol. The lowest BCUT2D eigenvalue weighted by Crippen LogP contribution is -2.53. The van der Waals surface area contributed by atoms with Gasteiger partial charge in [0.25, 0.3) is 11.8 Å². The van der Waals surface area contributed by atoms with Gasteiger partial charge in [-0.15, -0.1) is 11.3 Å². The number of esters is 2. The molecule has 2 amide bonds. The summed E-state index contributed by atoms with van der Waals surface area (Å²) in [5.41, 5.74) is 3.96. The van der Waals surface area contributed by atoms with Gasteiger partial charge in [0.2, 0.25) is 12.2 Å². The van der Waals surface area contributed by atoms with Crippen LogP contribution in [0.3, 0.4) is 0 Å². The van der Waals surface area contributed by atoms with Gasteiger partial charge in [0.05, 0.1) is 6.54 Å². The SMILES string of the molecule is CC(=O)O[C@@H](C(=O)N(C)Cc1cc(Cc2ccccc2Cl)cs1)[C@@H](OC(C)=O)C(=O)N1Cc2ccccc2C1. The molecular formula is C29H29ClN2O6S. The standard InChI is InChI=1S/C29H29ClN2O6S/c1-18(33)37-26(27(38-19(2)34)29(36)32-14-22-9-4-5-10-23(22)15-32)28(35)31(3)16-24-13-20(17-39-24)12-21-8-6-7-11-25(21)30/h4-11,13,17,26-27H,12,14-16H2,1-3H3/t26-,27-/m1/s1. The number of carbonyl (C=O) groups excluding carboxylic acids is 4. The Morgan fingerprint density at radius 3 is 2.15 bits per heavy atom. The summed E-state index contributed by atoms with van der Waals surface area (Å²) >= 11 is 7.77. The van der Waals surface area contributed by atoms with Crippen LogP contribution in [0.15, 0.2) is 60.0 Å². The van der Waals surface area contributed by atoms with Gasteiger partial charge in [0.1, 0.15) is 0 Å². The molecule has 0 spiro atoms. The van der Waals surface area contributed by atoms with Gasteiger partial charge >= 0.3 is 11.9 Å². The lowest BCUT2D eigenvalue weighted by molar-refractivity contribution is -0.181. The summed E-state index contributed by atoms with van der Waals surface area (Å²) in [6.07, 6.45) is -2.60. The Morgan fingerprint density at radius 2 is 1.54 bits per heavy atom. The first kappa shape index (κ1) is 28.3. The highest BCUT2D eigenvalue weighted by atomic mass is 35.5. The number of ether oxygens (including phenoxy) is 2. The molecule has 2 heterocycles. The van der Waals surface area contributed by atoms with Gasteiger partial charge in [-0.05, 0) is 46.2 Å². The van der Waals surface area contributed by atoms with E-state index in [1.165, 1.54) is 21.1 Å². The quantitative estimate of drug-likeness (QED) is 0.356. The van der Waals surface area contributed by atoms with E-state index in [0.29, 0.717) is 24.5 Å². The Kier molecular flexibility index (Phi) is 9.04. The van der Waals surface area contributed by atoms with Gasteiger partial charge < -0.3 is 19.3 Å². The summed E-state index contributed by atoms with van der Waals surface area (Å²) in [6, 6.07) is 17.2. The Balaban J connectivity index is 1.50. The topological polar surface area (TPSA) is 93.2 Å². The third kappa shape index (κ3) is 7.04. The maximum atomic E-state index is 13.6. The second-order valence-corrected chi connectivity index (χ2v) is 10.8. The number of rotatable bonds is 9. The number of carbonyl (C=O) groups is 4. The third-order valence-electron chi connectivity index (χ3n) is 6.33. The lowest BCUT2D eigenvalue weighted by Gasteiger charge is -2.30. The molecule has 39 heavy (non-hydrogen) atoms. The van der Waals surface area contributed by atoms with Gasteiger partial charge in [-0.1, -0.05) is 54.1 Å². The molecule has 0 bridgehead atoms. The van der Waals surface area contributed by atoms with Crippen LogP contribution >= 0.6 is 22.9 Å². The summed E-state index contributed by atoms with van der Waals surface area (Å²) < 4.78 is 10.6. The molecule has 0 fully saturated rings. The van der Waals surface area contributed by atoms with Crippen molar-refractivity contribution in [2.24, 2.45) is 0 Å². The lowest BCUT2D eigenvalue weighted by atomic mass is 10.1.